The summed E-state index contributed by atoms with van der Waals surface area (Å²) in [7, 11) is 0. The monoisotopic (exact) mass is 363 g/mol. The maximum Gasteiger partial charge on any atom is 0.226 e. The number of hydrogen-bond acceptors (Lipinski definition) is 5. The van der Waals surface area contributed by atoms with E-state index in [0.717, 1.165) is 25.0 Å². The van der Waals surface area contributed by atoms with E-state index in [-0.39, 0.29) is 5.91 Å². The van der Waals surface area contributed by atoms with Gasteiger partial charge in [-0.05, 0) is 37.8 Å². The Morgan fingerprint density at radius 3 is 2.56 bits per heavy atom. The number of piperazine rings is 1. The van der Waals surface area contributed by atoms with Gasteiger partial charge in [0.2, 0.25) is 11.9 Å². The second kappa shape index (κ2) is 9.13. The summed E-state index contributed by atoms with van der Waals surface area (Å²) in [6.45, 7) is 4.61. The van der Waals surface area contributed by atoms with Crippen LogP contribution in [0.2, 0.25) is 0 Å². The fraction of sp³-hybridized carbons (Fsp3) is 0.429. The third kappa shape index (κ3) is 5.27. The molecule has 1 amide bonds. The van der Waals surface area contributed by atoms with Crippen molar-refractivity contribution in [1.29, 1.82) is 5.26 Å². The molecule has 0 saturated carbocycles. The van der Waals surface area contributed by atoms with Gasteiger partial charge in [0, 0.05) is 38.3 Å². The van der Waals surface area contributed by atoms with E-state index >= 15 is 0 Å². The third-order valence-corrected chi connectivity index (χ3v) is 4.82. The molecule has 1 fully saturated rings. The maximum atomic E-state index is 12.4. The molecule has 140 valence electrons. The van der Waals surface area contributed by atoms with Crippen LogP contribution in [0.25, 0.3) is 0 Å². The number of unbranched alkanes of at least 4 members (excludes halogenated alkanes) is 1. The van der Waals surface area contributed by atoms with Gasteiger partial charge in [0.15, 0.2) is 0 Å². The summed E-state index contributed by atoms with van der Waals surface area (Å²) >= 11 is 0. The van der Waals surface area contributed by atoms with Gasteiger partial charge in [-0.25, -0.2) is 9.97 Å². The van der Waals surface area contributed by atoms with Crippen LogP contribution in [0.3, 0.4) is 0 Å². The molecule has 3 rings (SSSR count). The normalized spacial score (nSPS) is 14.1. The highest BCUT2D eigenvalue weighted by Gasteiger charge is 2.22. The number of rotatable bonds is 6. The fourth-order valence-electron chi connectivity index (χ4n) is 3.32. The molecule has 2 heterocycles. The van der Waals surface area contributed by atoms with Crippen molar-refractivity contribution in [1.82, 2.24) is 14.9 Å². The van der Waals surface area contributed by atoms with E-state index < -0.39 is 0 Å². The number of aromatic nitrogens is 2. The lowest BCUT2D eigenvalue weighted by Gasteiger charge is -2.35. The van der Waals surface area contributed by atoms with E-state index in [1.807, 2.05) is 22.8 Å². The molecule has 6 heteroatoms. The van der Waals surface area contributed by atoms with Crippen LogP contribution in [-0.4, -0.2) is 47.0 Å². The Labute approximate surface area is 160 Å². The molecular formula is C21H25N5O. The zero-order chi connectivity index (χ0) is 19.1. The molecule has 1 aliphatic rings. The van der Waals surface area contributed by atoms with Crippen LogP contribution >= 0.6 is 0 Å². The van der Waals surface area contributed by atoms with E-state index in [4.69, 9.17) is 5.26 Å². The van der Waals surface area contributed by atoms with Gasteiger partial charge in [-0.15, -0.1) is 0 Å². The Hall–Kier alpha value is -2.94. The number of aryl methyl sites for hydroxylation is 2. The van der Waals surface area contributed by atoms with Crippen LogP contribution in [-0.2, 0) is 11.2 Å². The number of amides is 1. The zero-order valence-corrected chi connectivity index (χ0v) is 15.8. The Kier molecular flexibility index (Phi) is 6.37. The standard InChI is InChI=1S/C21H25N5O/c1-17-15-19(16-22)24-21(23-17)26-13-11-25(12-14-26)20(27)10-6-5-9-18-7-3-2-4-8-18/h2-4,7-8,15H,5-6,9-14H2,1H3. The van der Waals surface area contributed by atoms with E-state index in [1.54, 1.807) is 6.07 Å². The lowest BCUT2D eigenvalue weighted by molar-refractivity contribution is -0.131. The zero-order valence-electron chi connectivity index (χ0n) is 15.8. The van der Waals surface area contributed by atoms with Crippen LogP contribution in [0.4, 0.5) is 5.95 Å². The number of nitrogens with zero attached hydrogens (tertiary/aromatic N) is 5. The van der Waals surface area contributed by atoms with Gasteiger partial charge in [-0.1, -0.05) is 30.3 Å². The second-order valence-corrected chi connectivity index (χ2v) is 6.87. The predicted octanol–water partition coefficient (Wildman–Crippen LogP) is 2.72. The van der Waals surface area contributed by atoms with Crippen LogP contribution in [0.15, 0.2) is 36.4 Å². The highest BCUT2D eigenvalue weighted by atomic mass is 16.2. The molecule has 1 aromatic carbocycles. The van der Waals surface area contributed by atoms with Crippen molar-refractivity contribution in [3.8, 4) is 6.07 Å². The number of anilines is 1. The van der Waals surface area contributed by atoms with Gasteiger partial charge in [-0.3, -0.25) is 4.79 Å². The SMILES string of the molecule is Cc1cc(C#N)nc(N2CCN(C(=O)CCCCc3ccccc3)CC2)n1. The van der Waals surface area contributed by atoms with Crippen molar-refractivity contribution in [3.63, 3.8) is 0 Å². The molecule has 1 saturated heterocycles. The maximum absolute atomic E-state index is 12.4. The largest absolute Gasteiger partial charge is 0.339 e. The Morgan fingerprint density at radius 1 is 1.11 bits per heavy atom. The lowest BCUT2D eigenvalue weighted by Crippen LogP contribution is -2.49. The summed E-state index contributed by atoms with van der Waals surface area (Å²) in [5.74, 6) is 0.812. The van der Waals surface area contributed by atoms with Gasteiger partial charge < -0.3 is 9.80 Å². The smallest absolute Gasteiger partial charge is 0.226 e. The number of benzene rings is 1. The molecule has 0 aliphatic carbocycles. The Morgan fingerprint density at radius 2 is 1.85 bits per heavy atom. The minimum absolute atomic E-state index is 0.227. The first-order chi connectivity index (χ1) is 13.2. The van der Waals surface area contributed by atoms with Crippen molar-refractivity contribution in [3.05, 3.63) is 53.3 Å². The summed E-state index contributed by atoms with van der Waals surface area (Å²) in [6, 6.07) is 14.1. The average Bonchev–Trinajstić information content (AvgIpc) is 2.71. The molecule has 6 nitrogen and oxygen atoms in total. The molecule has 0 unspecified atom stereocenters. The van der Waals surface area contributed by atoms with Crippen LogP contribution < -0.4 is 4.90 Å². The van der Waals surface area contributed by atoms with Crippen molar-refractivity contribution >= 4 is 11.9 Å². The van der Waals surface area contributed by atoms with Gasteiger partial charge >= 0.3 is 0 Å². The van der Waals surface area contributed by atoms with Crippen LogP contribution in [0.1, 0.15) is 36.2 Å². The van der Waals surface area contributed by atoms with Crippen molar-refractivity contribution in [2.45, 2.75) is 32.6 Å². The molecule has 27 heavy (non-hydrogen) atoms. The molecule has 0 atom stereocenters. The molecule has 0 spiro atoms. The molecule has 2 aromatic rings. The molecule has 0 bridgehead atoms. The molecule has 0 N–H and O–H groups in total. The summed E-state index contributed by atoms with van der Waals surface area (Å²) in [5.41, 5.74) is 2.50. The van der Waals surface area contributed by atoms with Gasteiger partial charge in [-0.2, -0.15) is 5.26 Å². The highest BCUT2D eigenvalue weighted by molar-refractivity contribution is 5.76. The molecule has 0 radical (unpaired) electrons. The Balaban J connectivity index is 1.43. The average molecular weight is 363 g/mol. The van der Waals surface area contributed by atoms with Gasteiger partial charge in [0.25, 0.3) is 0 Å². The number of carbonyl (C=O) groups excluding carboxylic acids is 1. The highest BCUT2D eigenvalue weighted by Crippen LogP contribution is 2.14. The summed E-state index contributed by atoms with van der Waals surface area (Å²) in [5, 5.41) is 9.06. The molecular weight excluding hydrogens is 338 g/mol. The fourth-order valence-corrected chi connectivity index (χ4v) is 3.32. The van der Waals surface area contributed by atoms with Crippen LogP contribution in [0, 0.1) is 18.3 Å². The number of carbonyl (C=O) groups is 1. The van der Waals surface area contributed by atoms with E-state index in [0.29, 0.717) is 44.2 Å². The van der Waals surface area contributed by atoms with E-state index in [9.17, 15) is 4.79 Å². The van der Waals surface area contributed by atoms with Crippen molar-refractivity contribution in [2.24, 2.45) is 0 Å². The Bertz CT molecular complexity index is 807. The summed E-state index contributed by atoms with van der Waals surface area (Å²) in [4.78, 5) is 25.1. The minimum atomic E-state index is 0.227. The van der Waals surface area contributed by atoms with E-state index in [1.165, 1.54) is 5.56 Å². The van der Waals surface area contributed by atoms with Crippen molar-refractivity contribution in [2.75, 3.05) is 31.1 Å². The first kappa shape index (κ1) is 18.8. The first-order valence-corrected chi connectivity index (χ1v) is 9.48. The van der Waals surface area contributed by atoms with Crippen LogP contribution in [0.5, 0.6) is 0 Å². The van der Waals surface area contributed by atoms with Gasteiger partial charge in [0.1, 0.15) is 11.8 Å². The van der Waals surface area contributed by atoms with E-state index in [2.05, 4.69) is 40.3 Å². The topological polar surface area (TPSA) is 73.1 Å². The third-order valence-electron chi connectivity index (χ3n) is 4.82. The van der Waals surface area contributed by atoms with Crippen molar-refractivity contribution < 1.29 is 4.79 Å². The number of nitriles is 1. The van der Waals surface area contributed by atoms with Gasteiger partial charge in [0.05, 0.1) is 0 Å². The minimum Gasteiger partial charge on any atom is -0.339 e. The predicted molar refractivity (Wildman–Crippen MR) is 104 cm³/mol. The quantitative estimate of drug-likeness (QED) is 0.738. The molecule has 1 aromatic heterocycles. The first-order valence-electron chi connectivity index (χ1n) is 9.48. The number of hydrogen-bond donors (Lipinski definition) is 0. The summed E-state index contributed by atoms with van der Waals surface area (Å²) < 4.78 is 0. The molecule has 1 aliphatic heterocycles. The second-order valence-electron chi connectivity index (χ2n) is 6.87. The summed E-state index contributed by atoms with van der Waals surface area (Å²) in [6.07, 6.45) is 3.57. The lowest BCUT2D eigenvalue weighted by atomic mass is 10.1.